The Morgan fingerprint density at radius 2 is 1.21 bits per heavy atom. The third-order valence-corrected chi connectivity index (χ3v) is 14.4. The number of hydrogen-bond acceptors (Lipinski definition) is 21. The molecule has 0 spiro atoms. The number of halogens is 1. The largest absolute Gasteiger partial charge is 0.494 e. The summed E-state index contributed by atoms with van der Waals surface area (Å²) in [6.07, 6.45) is -0.137. The van der Waals surface area contributed by atoms with Crippen LogP contribution in [0.1, 0.15) is 135 Å². The lowest BCUT2D eigenvalue weighted by Crippen LogP contribution is -2.62. The minimum Gasteiger partial charge on any atom is -0.494 e. The molecule has 1 aliphatic heterocycles. The van der Waals surface area contributed by atoms with Crippen LogP contribution < -0.4 is 69.8 Å². The van der Waals surface area contributed by atoms with E-state index in [-0.39, 0.29) is 50.9 Å². The van der Waals surface area contributed by atoms with E-state index in [0.717, 1.165) is 52.0 Å². The van der Waals surface area contributed by atoms with Gasteiger partial charge in [0.1, 0.15) is 60.3 Å². The van der Waals surface area contributed by atoms with E-state index in [0.29, 0.717) is 12.4 Å². The lowest BCUT2D eigenvalue weighted by molar-refractivity contribution is -0.155. The first-order valence-electron chi connectivity index (χ1n) is 29.9. The number of esters is 1. The fourth-order valence-corrected chi connectivity index (χ4v) is 9.11. The van der Waals surface area contributed by atoms with Crippen molar-refractivity contribution in [3.8, 4) is 5.75 Å². The molecule has 1 fully saturated rings. The normalized spacial score (nSPS) is 23.5. The van der Waals surface area contributed by atoms with Crippen molar-refractivity contribution < 1.29 is 97.6 Å². The predicted octanol–water partition coefficient (Wildman–Crippen LogP) is -3.80. The molecule has 12 atom stereocenters. The van der Waals surface area contributed by atoms with E-state index in [1.165, 1.54) is 37.8 Å². The molecule has 21 N–H and O–H groups in total. The van der Waals surface area contributed by atoms with Crippen LogP contribution in [-0.2, 0) is 62.3 Å². The van der Waals surface area contributed by atoms with Crippen LogP contribution in [0.25, 0.3) is 0 Å². The number of nitrogens with one attached hydrogen (secondary N) is 9. The number of carbonyl (C=O) groups excluding carboxylic acids is 10. The number of aliphatic hydroxyl groups excluding tert-OH is 4. The highest BCUT2D eigenvalue weighted by Crippen LogP contribution is 2.23. The molecule has 0 aliphatic carbocycles. The van der Waals surface area contributed by atoms with Crippen LogP contribution in [0.3, 0.4) is 0 Å². The van der Waals surface area contributed by atoms with Gasteiger partial charge in [0.15, 0.2) is 12.1 Å². The summed E-state index contributed by atoms with van der Waals surface area (Å²) < 4.78 is 11.2. The third-order valence-electron chi connectivity index (χ3n) is 14.0. The molecule has 1 aromatic carbocycles. The monoisotopic (exact) mass is 1300 g/mol. The predicted molar refractivity (Wildman–Crippen MR) is 322 cm³/mol. The number of allylic oxidation sites excluding steroid dienone is 1. The van der Waals surface area contributed by atoms with Gasteiger partial charge in [-0.3, -0.25) is 47.9 Å². The molecular weight excluding hydrogens is 1210 g/mol. The molecule has 32 nitrogen and oxygen atoms in total. The molecule has 1 aromatic rings. The van der Waals surface area contributed by atoms with E-state index in [2.05, 4.69) is 44.1 Å². The van der Waals surface area contributed by atoms with Crippen LogP contribution in [0.5, 0.6) is 5.75 Å². The number of unbranched alkanes of at least 4 members (excludes halogenated alkanes) is 9. The number of benzene rings is 1. The van der Waals surface area contributed by atoms with E-state index in [9.17, 15) is 88.2 Å². The molecule has 0 aromatic heterocycles. The van der Waals surface area contributed by atoms with E-state index in [1.54, 1.807) is 12.1 Å². The van der Waals surface area contributed by atoms with Crippen molar-refractivity contribution in [1.82, 2.24) is 47.9 Å². The fraction of sp³-hybridized carbons (Fsp3) is 0.649. The summed E-state index contributed by atoms with van der Waals surface area (Å²) in [6.45, 7) is 2.92. The second-order valence-corrected chi connectivity index (χ2v) is 21.7. The molecule has 0 bridgehead atoms. The second kappa shape index (κ2) is 42.4. The first-order valence-corrected chi connectivity index (χ1v) is 30.4. The summed E-state index contributed by atoms with van der Waals surface area (Å²) >= 11 is 5.89. The van der Waals surface area contributed by atoms with E-state index >= 15 is 0 Å². The maximum Gasteiger partial charge on any atom is 0.335 e. The van der Waals surface area contributed by atoms with Gasteiger partial charge in [-0.1, -0.05) is 76.5 Å². The molecule has 0 unspecified atom stereocenters. The molecule has 0 radical (unpaired) electrons. The lowest BCUT2D eigenvalue weighted by atomic mass is 10.0. The zero-order valence-corrected chi connectivity index (χ0v) is 51.6. The zero-order valence-electron chi connectivity index (χ0n) is 50.9. The Morgan fingerprint density at radius 1 is 0.667 bits per heavy atom. The Hall–Kier alpha value is -7.59. The Balaban J connectivity index is 2.75. The number of ether oxygens (including phenoxy) is 2. The number of carboxylic acids is 2. The van der Waals surface area contributed by atoms with Crippen LogP contribution in [0.15, 0.2) is 36.0 Å². The molecule has 1 saturated heterocycles. The third kappa shape index (κ3) is 28.1. The standard InChI is InChI=1S/C57H91ClN12O20/c1-4-6-7-8-9-10-11-12-15-25-89-33-18-16-17-32(26-33)40(72)28-42(74)62-39-30-90-57(88)45(41(73)29-58)69-55(85)46(47(77)56(86)87)70-48(78)34(5-2)63-54(84)44(31(3)71)68-51(81)37(21-24-61)65-49(79)35(19-13-14-22-59)64-52(82)38(27-43(75)76)67-50(80)36(20-23-60)66-53(39)83/h5,16-18,26,31,35-41,44-47,71-73,77H,4,6-15,19-25,27-30,59-61H2,1-3H3,(H,62,74)(H,63,84)(H,64,82)(H,65,79)(H,66,83)(H,67,80)(H,68,81)(H,69,85)(H,70,78)(H,75,76)(H,86,87)/b34-5-/t31-,35+,36+,37+,38+,39-,40+,41+,44-,45+,46-,47-/m0/s1. The Morgan fingerprint density at radius 3 is 1.76 bits per heavy atom. The fourth-order valence-electron chi connectivity index (χ4n) is 8.93. The zero-order chi connectivity index (χ0) is 67.5. The smallest absolute Gasteiger partial charge is 0.335 e. The van der Waals surface area contributed by atoms with Gasteiger partial charge in [-0.05, 0) is 89.7 Å². The number of cyclic esters (lactones) is 1. The quantitative estimate of drug-likeness (QED) is 0.0152. The van der Waals surface area contributed by atoms with Gasteiger partial charge in [-0.25, -0.2) is 9.59 Å². The lowest BCUT2D eigenvalue weighted by Gasteiger charge is -2.28. The number of aliphatic hydroxyl groups is 4. The Bertz CT molecular complexity index is 2580. The van der Waals surface area contributed by atoms with Crippen LogP contribution in [-0.4, -0.2) is 207 Å². The van der Waals surface area contributed by atoms with Crippen molar-refractivity contribution in [2.75, 3.05) is 38.7 Å². The molecule has 0 saturated carbocycles. The number of nitrogens with two attached hydrogens (primary N) is 3. The highest BCUT2D eigenvalue weighted by Gasteiger charge is 2.41. The molecular formula is C57H91ClN12O20. The minimum atomic E-state index is -2.85. The number of hydrogen-bond donors (Lipinski definition) is 18. The van der Waals surface area contributed by atoms with E-state index in [4.69, 9.17) is 38.3 Å². The Labute approximate surface area is 526 Å². The molecule has 1 heterocycles. The molecule has 90 heavy (non-hydrogen) atoms. The summed E-state index contributed by atoms with van der Waals surface area (Å²) in [5, 5.41) is 82.9. The van der Waals surface area contributed by atoms with Crippen molar-refractivity contribution in [2.45, 2.75) is 196 Å². The highest BCUT2D eigenvalue weighted by molar-refractivity contribution is 6.18. The number of alkyl halides is 1. The average molecular weight is 1300 g/mol. The van der Waals surface area contributed by atoms with Crippen LogP contribution in [0.4, 0.5) is 0 Å². The van der Waals surface area contributed by atoms with E-state index < -0.39 is 181 Å². The van der Waals surface area contributed by atoms with Crippen molar-refractivity contribution in [3.63, 3.8) is 0 Å². The highest BCUT2D eigenvalue weighted by atomic mass is 35.5. The topological polar surface area (TPSA) is 531 Å². The van der Waals surface area contributed by atoms with Crippen LogP contribution in [0, 0.1) is 0 Å². The van der Waals surface area contributed by atoms with Gasteiger partial charge in [0.2, 0.25) is 47.3 Å². The van der Waals surface area contributed by atoms with Crippen LogP contribution >= 0.6 is 11.6 Å². The summed E-state index contributed by atoms with van der Waals surface area (Å²) in [7, 11) is 0. The first-order chi connectivity index (χ1) is 42.8. The number of amides is 9. The summed E-state index contributed by atoms with van der Waals surface area (Å²) in [5.41, 5.74) is 16.7. The molecule has 9 amide bonds. The number of rotatable bonds is 30. The minimum absolute atomic E-state index is 0.114. The second-order valence-electron chi connectivity index (χ2n) is 21.4. The Kier molecular flexibility index (Phi) is 37.0. The van der Waals surface area contributed by atoms with E-state index in [1.807, 2.05) is 10.6 Å². The van der Waals surface area contributed by atoms with Gasteiger partial charge in [-0.2, -0.15) is 0 Å². The molecule has 1 aliphatic rings. The number of aliphatic carboxylic acids is 2. The van der Waals surface area contributed by atoms with Gasteiger partial charge in [0.05, 0.1) is 43.6 Å². The van der Waals surface area contributed by atoms with Gasteiger partial charge >= 0.3 is 17.9 Å². The van der Waals surface area contributed by atoms with Crippen molar-refractivity contribution in [2.24, 2.45) is 17.2 Å². The van der Waals surface area contributed by atoms with Gasteiger partial charge < -0.3 is 105 Å². The summed E-state index contributed by atoms with van der Waals surface area (Å²) in [6, 6.07) is -9.85. The number of carbonyl (C=O) groups is 12. The molecule has 2 rings (SSSR count). The number of carboxylic acid groups (broad SMARTS) is 2. The van der Waals surface area contributed by atoms with Gasteiger partial charge in [0.25, 0.3) is 5.91 Å². The maximum absolute atomic E-state index is 14.3. The first kappa shape index (κ1) is 78.5. The van der Waals surface area contributed by atoms with Gasteiger partial charge in [-0.15, -0.1) is 11.6 Å². The van der Waals surface area contributed by atoms with Crippen LogP contribution in [0.2, 0.25) is 0 Å². The molecule has 33 heteroatoms. The van der Waals surface area contributed by atoms with Crippen molar-refractivity contribution in [3.05, 3.63) is 41.6 Å². The van der Waals surface area contributed by atoms with Gasteiger partial charge in [0, 0.05) is 0 Å². The SMILES string of the molecule is C/C=C1\NC(=O)[C@H]([C@H](C)O)NC(=O)[C@@H](CCN)NC(=O)[C@@H](CCCCN)NC(=O)[C@@H](CC(=O)O)NC(=O)[C@@H](CCN)NC(=O)[C@@H](NC(=O)C[C@@H](O)c2cccc(OCCCCCCCCCCC)c2)COC(=O)[C@@H]([C@H](O)CCl)NC(=O)[C@H]([C@H](O)C(=O)O)NC1=O. The molecule has 506 valence electrons. The van der Waals surface area contributed by atoms with Crippen molar-refractivity contribution in [1.29, 1.82) is 0 Å². The summed E-state index contributed by atoms with van der Waals surface area (Å²) in [4.78, 5) is 164. The average Bonchev–Trinajstić information content (AvgIpc) is 1.57. The summed E-state index contributed by atoms with van der Waals surface area (Å²) in [5.74, 6) is -17.7. The maximum atomic E-state index is 14.3. The van der Waals surface area contributed by atoms with Crippen molar-refractivity contribution >= 4 is 82.7 Å².